The summed E-state index contributed by atoms with van der Waals surface area (Å²) in [5, 5.41) is 20.4. The summed E-state index contributed by atoms with van der Waals surface area (Å²) in [5.41, 5.74) is 4.67. The molecule has 190 valence electrons. The summed E-state index contributed by atoms with van der Waals surface area (Å²) in [6.45, 7) is 5.19. The Morgan fingerprint density at radius 2 is 1.36 bits per heavy atom. The summed E-state index contributed by atoms with van der Waals surface area (Å²) in [6, 6.07) is 17.1. The highest BCUT2D eigenvalue weighted by Crippen LogP contribution is 2.60. The van der Waals surface area contributed by atoms with Crippen molar-refractivity contribution in [2.45, 2.75) is 109 Å². The molecule has 0 unspecified atom stereocenters. The second-order valence-electron chi connectivity index (χ2n) is 11.3. The van der Waals surface area contributed by atoms with Crippen LogP contribution in [0.3, 0.4) is 0 Å². The number of nitriles is 2. The van der Waals surface area contributed by atoms with Gasteiger partial charge in [-0.3, -0.25) is 0 Å². The predicted molar refractivity (Wildman–Crippen MR) is 147 cm³/mol. The van der Waals surface area contributed by atoms with Crippen LogP contribution >= 0.6 is 0 Å². The van der Waals surface area contributed by atoms with Gasteiger partial charge in [-0.05, 0) is 85.5 Å². The Labute approximate surface area is 218 Å². The number of hydrogen-bond donors (Lipinski definition) is 0. The van der Waals surface area contributed by atoms with Crippen LogP contribution in [0.1, 0.15) is 120 Å². The number of rotatable bonds is 12. The van der Waals surface area contributed by atoms with Crippen LogP contribution in [0.4, 0.5) is 0 Å². The summed E-state index contributed by atoms with van der Waals surface area (Å²) in [4.78, 5) is 0. The zero-order chi connectivity index (χ0) is 25.4. The predicted octanol–water partition coefficient (Wildman–Crippen LogP) is 9.23. The van der Waals surface area contributed by atoms with Crippen molar-refractivity contribution in [2.75, 3.05) is 6.61 Å². The van der Waals surface area contributed by atoms with Gasteiger partial charge in [-0.1, -0.05) is 76.6 Å². The average molecular weight is 483 g/mol. The van der Waals surface area contributed by atoms with Gasteiger partial charge in [-0.15, -0.1) is 0 Å². The normalized spacial score (nSPS) is 22.7. The van der Waals surface area contributed by atoms with E-state index in [1.807, 2.05) is 24.3 Å². The van der Waals surface area contributed by atoms with Gasteiger partial charge in [-0.2, -0.15) is 10.5 Å². The molecule has 3 fully saturated rings. The van der Waals surface area contributed by atoms with Gasteiger partial charge in [0.1, 0.15) is 17.9 Å². The molecule has 0 heterocycles. The van der Waals surface area contributed by atoms with Crippen LogP contribution in [-0.2, 0) is 5.41 Å². The van der Waals surface area contributed by atoms with Crippen molar-refractivity contribution < 1.29 is 4.74 Å². The lowest BCUT2D eigenvalue weighted by Gasteiger charge is -2.54. The van der Waals surface area contributed by atoms with E-state index in [-0.39, 0.29) is 5.41 Å². The SMILES string of the molecule is CCCCCCC12CCC(c3ccc(-c4ccc(OCCCCC)cc4)c(C#N)c3C#N)(CC1)CC2. The van der Waals surface area contributed by atoms with Crippen LogP contribution in [0.25, 0.3) is 11.1 Å². The first-order chi connectivity index (χ1) is 17.6. The number of benzene rings is 2. The summed E-state index contributed by atoms with van der Waals surface area (Å²) in [5.74, 6) is 0.854. The van der Waals surface area contributed by atoms with Gasteiger partial charge in [-0.25, -0.2) is 0 Å². The summed E-state index contributed by atoms with van der Waals surface area (Å²) < 4.78 is 5.86. The lowest BCUT2D eigenvalue weighted by molar-refractivity contribution is 0.0303. The van der Waals surface area contributed by atoms with Gasteiger partial charge in [0.15, 0.2) is 0 Å². The van der Waals surface area contributed by atoms with Crippen LogP contribution in [0.5, 0.6) is 5.75 Å². The highest BCUT2D eigenvalue weighted by Gasteiger charge is 2.49. The summed E-state index contributed by atoms with van der Waals surface area (Å²) in [7, 11) is 0. The third-order valence-electron chi connectivity index (χ3n) is 9.14. The van der Waals surface area contributed by atoms with Gasteiger partial charge in [0.2, 0.25) is 0 Å². The zero-order valence-corrected chi connectivity index (χ0v) is 22.4. The summed E-state index contributed by atoms with van der Waals surface area (Å²) >= 11 is 0. The van der Waals surface area contributed by atoms with E-state index in [1.165, 1.54) is 64.2 Å². The van der Waals surface area contributed by atoms with Crippen molar-refractivity contribution in [3.05, 3.63) is 53.1 Å². The fourth-order valence-electron chi connectivity index (χ4n) is 6.76. The summed E-state index contributed by atoms with van der Waals surface area (Å²) in [6.07, 6.45) is 17.4. The Hall–Kier alpha value is -2.78. The highest BCUT2D eigenvalue weighted by atomic mass is 16.5. The molecular formula is C33H42N2O. The van der Waals surface area contributed by atoms with Crippen LogP contribution in [0, 0.1) is 28.1 Å². The molecule has 3 saturated carbocycles. The molecule has 3 aliphatic rings. The largest absolute Gasteiger partial charge is 0.494 e. The molecule has 3 aliphatic carbocycles. The minimum atomic E-state index is 0.0660. The van der Waals surface area contributed by atoms with Crippen LogP contribution in [-0.4, -0.2) is 6.61 Å². The van der Waals surface area contributed by atoms with Crippen LogP contribution in [0.2, 0.25) is 0 Å². The molecule has 0 atom stereocenters. The molecule has 0 spiro atoms. The van der Waals surface area contributed by atoms with Crippen LogP contribution in [0.15, 0.2) is 36.4 Å². The van der Waals surface area contributed by atoms with E-state index >= 15 is 0 Å². The monoisotopic (exact) mass is 482 g/mol. The van der Waals surface area contributed by atoms with E-state index in [0.29, 0.717) is 16.5 Å². The molecule has 0 saturated heterocycles. The van der Waals surface area contributed by atoms with Gasteiger partial charge >= 0.3 is 0 Å². The first kappa shape index (κ1) is 26.3. The quantitative estimate of drug-likeness (QED) is 0.283. The Kier molecular flexibility index (Phi) is 8.74. The number of ether oxygens (including phenoxy) is 1. The smallest absolute Gasteiger partial charge is 0.119 e. The van der Waals surface area contributed by atoms with E-state index < -0.39 is 0 Å². The molecule has 0 N–H and O–H groups in total. The molecule has 36 heavy (non-hydrogen) atoms. The van der Waals surface area contributed by atoms with Crippen molar-refractivity contribution in [1.82, 2.24) is 0 Å². The molecule has 0 radical (unpaired) electrons. The van der Waals surface area contributed by atoms with Crippen molar-refractivity contribution in [3.8, 4) is 29.0 Å². The number of hydrogen-bond acceptors (Lipinski definition) is 3. The van der Waals surface area contributed by atoms with E-state index in [0.717, 1.165) is 54.7 Å². The van der Waals surface area contributed by atoms with E-state index in [2.05, 4.69) is 38.1 Å². The van der Waals surface area contributed by atoms with E-state index in [4.69, 9.17) is 4.74 Å². The van der Waals surface area contributed by atoms with E-state index in [9.17, 15) is 10.5 Å². The third kappa shape index (κ3) is 5.47. The molecule has 5 rings (SSSR count). The van der Waals surface area contributed by atoms with Gasteiger partial charge in [0.25, 0.3) is 0 Å². The number of unbranched alkanes of at least 4 members (excludes halogenated alkanes) is 5. The molecule has 3 nitrogen and oxygen atoms in total. The molecule has 2 bridgehead atoms. The average Bonchev–Trinajstić information content (AvgIpc) is 2.94. The maximum absolute atomic E-state index is 10.2. The lowest BCUT2D eigenvalue weighted by Crippen LogP contribution is -2.44. The number of nitrogens with zero attached hydrogens (tertiary/aromatic N) is 2. The van der Waals surface area contributed by atoms with Gasteiger partial charge in [0.05, 0.1) is 17.7 Å². The lowest BCUT2D eigenvalue weighted by atomic mass is 9.50. The molecule has 2 aromatic carbocycles. The maximum atomic E-state index is 10.2. The molecule has 0 aliphatic heterocycles. The van der Waals surface area contributed by atoms with E-state index in [1.54, 1.807) is 0 Å². The van der Waals surface area contributed by atoms with Gasteiger partial charge in [0, 0.05) is 5.56 Å². The molecule has 0 amide bonds. The van der Waals surface area contributed by atoms with Crippen molar-refractivity contribution in [2.24, 2.45) is 5.41 Å². The Morgan fingerprint density at radius 3 is 1.97 bits per heavy atom. The maximum Gasteiger partial charge on any atom is 0.119 e. The molecule has 2 aromatic rings. The molecular weight excluding hydrogens is 440 g/mol. The molecule has 0 aromatic heterocycles. The number of fused-ring (bicyclic) bond motifs is 3. The van der Waals surface area contributed by atoms with Crippen LogP contribution < -0.4 is 4.74 Å². The second-order valence-corrected chi connectivity index (χ2v) is 11.3. The standard InChI is InChI=1S/C33H42N2O/c1-3-5-7-8-16-32-17-20-33(21-18-32,22-19-32)31-15-14-28(29(24-34)30(31)25-35)26-10-12-27(13-11-26)36-23-9-6-4-2/h10-15H,3-9,16-23H2,1-2H3. The Morgan fingerprint density at radius 1 is 0.722 bits per heavy atom. The van der Waals surface area contributed by atoms with Crippen molar-refractivity contribution in [1.29, 1.82) is 10.5 Å². The van der Waals surface area contributed by atoms with Gasteiger partial charge < -0.3 is 4.74 Å². The first-order valence-corrected chi connectivity index (χ1v) is 14.3. The minimum absolute atomic E-state index is 0.0660. The second kappa shape index (κ2) is 12.0. The topological polar surface area (TPSA) is 56.8 Å². The molecule has 3 heteroatoms. The van der Waals surface area contributed by atoms with Crippen molar-refractivity contribution in [3.63, 3.8) is 0 Å². The fraction of sp³-hybridized carbons (Fsp3) is 0.576. The van der Waals surface area contributed by atoms with Crippen molar-refractivity contribution >= 4 is 0 Å². The minimum Gasteiger partial charge on any atom is -0.494 e. The Bertz CT molecular complexity index is 1080. The first-order valence-electron chi connectivity index (χ1n) is 14.3. The fourth-order valence-corrected chi connectivity index (χ4v) is 6.76. The Balaban J connectivity index is 1.53. The zero-order valence-electron chi connectivity index (χ0n) is 22.4. The highest BCUT2D eigenvalue weighted by molar-refractivity contribution is 5.75. The third-order valence-corrected chi connectivity index (χ3v) is 9.14.